The van der Waals surface area contributed by atoms with E-state index < -0.39 is 16.9 Å². The zero-order valence-electron chi connectivity index (χ0n) is 9.08. The summed E-state index contributed by atoms with van der Waals surface area (Å²) in [5.41, 5.74) is 0.849. The van der Waals surface area contributed by atoms with E-state index in [1.165, 1.54) is 12.1 Å². The summed E-state index contributed by atoms with van der Waals surface area (Å²) in [6.45, 7) is 1.77. The molecule has 0 aliphatic carbocycles. The molecule has 0 bridgehead atoms. The Morgan fingerprint density at radius 2 is 2.29 bits per heavy atom. The molecule has 0 aromatic heterocycles. The molecule has 0 unspecified atom stereocenters. The van der Waals surface area contributed by atoms with Crippen molar-refractivity contribution in [2.45, 2.75) is 13.0 Å². The Bertz CT molecular complexity index is 450. The fourth-order valence-corrected chi connectivity index (χ4v) is 1.55. The lowest BCUT2D eigenvalue weighted by molar-refractivity contribution is -0.384. The summed E-state index contributed by atoms with van der Waals surface area (Å²) >= 11 is 3.88. The molecule has 92 valence electrons. The van der Waals surface area contributed by atoms with E-state index in [2.05, 4.69) is 17.9 Å². The quantitative estimate of drug-likeness (QED) is 0.423. The zero-order valence-corrected chi connectivity index (χ0v) is 9.98. The van der Waals surface area contributed by atoms with Gasteiger partial charge < -0.3 is 10.4 Å². The van der Waals surface area contributed by atoms with Crippen LogP contribution < -0.4 is 5.32 Å². The van der Waals surface area contributed by atoms with Crippen LogP contribution in [0.25, 0.3) is 0 Å². The van der Waals surface area contributed by atoms with Crippen molar-refractivity contribution in [2.75, 3.05) is 11.1 Å². The second-order valence-corrected chi connectivity index (χ2v) is 3.86. The molecule has 0 radical (unpaired) electrons. The van der Waals surface area contributed by atoms with Gasteiger partial charge in [0.1, 0.15) is 11.7 Å². The number of carboxylic acids is 1. The van der Waals surface area contributed by atoms with Gasteiger partial charge in [0.05, 0.1) is 4.92 Å². The van der Waals surface area contributed by atoms with E-state index in [1.54, 1.807) is 13.0 Å². The molecule has 0 amide bonds. The number of anilines is 1. The molecular formula is C10H12N2O4S. The Morgan fingerprint density at radius 1 is 1.65 bits per heavy atom. The first-order valence-corrected chi connectivity index (χ1v) is 5.44. The van der Waals surface area contributed by atoms with Gasteiger partial charge in [0.15, 0.2) is 0 Å². The molecule has 1 aromatic rings. The minimum atomic E-state index is -1.10. The van der Waals surface area contributed by atoms with Crippen LogP contribution in [0.4, 0.5) is 11.4 Å². The number of hydrogen-bond donors (Lipinski definition) is 3. The first-order valence-electron chi connectivity index (χ1n) is 4.81. The molecule has 6 nitrogen and oxygen atoms in total. The Balaban J connectivity index is 3.07. The lowest BCUT2D eigenvalue weighted by Gasteiger charge is -2.13. The number of nitrogens with zero attached hydrogens (tertiary/aromatic N) is 1. The van der Waals surface area contributed by atoms with Crippen molar-refractivity contribution < 1.29 is 14.8 Å². The number of aliphatic carboxylic acids is 1. The fourth-order valence-electron chi connectivity index (χ4n) is 1.30. The summed E-state index contributed by atoms with van der Waals surface area (Å²) in [6, 6.07) is 3.52. The van der Waals surface area contributed by atoms with E-state index in [-0.39, 0.29) is 17.1 Å². The number of nitrogens with one attached hydrogen (secondary N) is 1. The fraction of sp³-hybridized carbons (Fsp3) is 0.300. The van der Waals surface area contributed by atoms with Crippen molar-refractivity contribution in [3.05, 3.63) is 33.9 Å². The van der Waals surface area contributed by atoms with Crippen LogP contribution in [0.15, 0.2) is 18.2 Å². The van der Waals surface area contributed by atoms with Crippen LogP contribution in [0.5, 0.6) is 0 Å². The number of aryl methyl sites for hydroxylation is 1. The molecule has 0 heterocycles. The lowest BCUT2D eigenvalue weighted by atomic mass is 10.2. The van der Waals surface area contributed by atoms with Crippen molar-refractivity contribution in [3.8, 4) is 0 Å². The monoisotopic (exact) mass is 256 g/mol. The summed E-state index contributed by atoms with van der Waals surface area (Å²) < 4.78 is 0. The molecule has 2 N–H and O–H groups in total. The van der Waals surface area contributed by atoms with E-state index in [1.807, 2.05) is 0 Å². The summed E-state index contributed by atoms with van der Waals surface area (Å²) in [6.07, 6.45) is 0. The van der Waals surface area contributed by atoms with Gasteiger partial charge in [0.2, 0.25) is 0 Å². The van der Waals surface area contributed by atoms with Gasteiger partial charge in [-0.05, 0) is 18.6 Å². The Kier molecular flexibility index (Phi) is 4.33. The van der Waals surface area contributed by atoms with Crippen molar-refractivity contribution in [2.24, 2.45) is 0 Å². The Hall–Kier alpha value is -1.76. The van der Waals surface area contributed by atoms with Crippen molar-refractivity contribution in [1.82, 2.24) is 0 Å². The Labute approximate surface area is 103 Å². The highest BCUT2D eigenvalue weighted by Gasteiger charge is 2.20. The second-order valence-electron chi connectivity index (χ2n) is 3.50. The zero-order chi connectivity index (χ0) is 13.0. The summed E-state index contributed by atoms with van der Waals surface area (Å²) in [5, 5.41) is 22.2. The number of nitro groups is 1. The van der Waals surface area contributed by atoms with Crippen LogP contribution in [0.2, 0.25) is 0 Å². The van der Waals surface area contributed by atoms with Crippen LogP contribution in [0.1, 0.15) is 5.56 Å². The average molecular weight is 256 g/mol. The minimum Gasteiger partial charge on any atom is -0.480 e. The highest BCUT2D eigenvalue weighted by molar-refractivity contribution is 7.80. The molecule has 0 saturated heterocycles. The maximum Gasteiger partial charge on any atom is 0.326 e. The van der Waals surface area contributed by atoms with E-state index >= 15 is 0 Å². The highest BCUT2D eigenvalue weighted by atomic mass is 32.1. The van der Waals surface area contributed by atoms with Gasteiger partial charge in [0, 0.05) is 11.8 Å². The standard InChI is InChI=1S/C10H12N2O4S/c1-6-2-3-9(12(15)16)7(4-6)11-8(5-17)10(13)14/h2-4,8,11,17H,5H2,1H3,(H,13,14)/t8-/m0/s1. The van der Waals surface area contributed by atoms with Gasteiger partial charge in [-0.15, -0.1) is 0 Å². The van der Waals surface area contributed by atoms with Crippen molar-refractivity contribution in [1.29, 1.82) is 0 Å². The Morgan fingerprint density at radius 3 is 2.76 bits per heavy atom. The topological polar surface area (TPSA) is 92.5 Å². The summed E-state index contributed by atoms with van der Waals surface area (Å²) in [7, 11) is 0. The third-order valence-electron chi connectivity index (χ3n) is 2.16. The molecule has 1 atom stereocenters. The average Bonchev–Trinajstić information content (AvgIpc) is 2.25. The van der Waals surface area contributed by atoms with Crippen molar-refractivity contribution in [3.63, 3.8) is 0 Å². The molecule has 17 heavy (non-hydrogen) atoms. The number of carbonyl (C=O) groups is 1. The smallest absolute Gasteiger partial charge is 0.326 e. The molecule has 0 spiro atoms. The van der Waals surface area contributed by atoms with Crippen LogP contribution in [-0.4, -0.2) is 27.8 Å². The van der Waals surface area contributed by atoms with Crippen LogP contribution >= 0.6 is 12.6 Å². The summed E-state index contributed by atoms with van der Waals surface area (Å²) in [5.74, 6) is -1.06. The molecule has 0 fully saturated rings. The van der Waals surface area contributed by atoms with Gasteiger partial charge >= 0.3 is 5.97 Å². The number of rotatable bonds is 5. The number of thiol groups is 1. The third kappa shape index (κ3) is 3.35. The molecule has 1 aromatic carbocycles. The maximum absolute atomic E-state index is 10.8. The van der Waals surface area contributed by atoms with E-state index in [0.29, 0.717) is 0 Å². The van der Waals surface area contributed by atoms with Gasteiger partial charge in [0.25, 0.3) is 5.69 Å². The SMILES string of the molecule is Cc1ccc([N+](=O)[O-])c(N[C@@H](CS)C(=O)O)c1. The molecule has 0 aliphatic heterocycles. The number of benzene rings is 1. The van der Waals surface area contributed by atoms with Gasteiger partial charge in [-0.25, -0.2) is 4.79 Å². The molecule has 0 saturated carbocycles. The normalized spacial score (nSPS) is 11.9. The lowest BCUT2D eigenvalue weighted by Crippen LogP contribution is -2.31. The molecule has 1 rings (SSSR count). The maximum atomic E-state index is 10.8. The largest absolute Gasteiger partial charge is 0.480 e. The van der Waals surface area contributed by atoms with Crippen molar-refractivity contribution >= 4 is 30.0 Å². The third-order valence-corrected chi connectivity index (χ3v) is 2.52. The molecule has 0 aliphatic rings. The molecular weight excluding hydrogens is 244 g/mol. The van der Waals surface area contributed by atoms with Gasteiger partial charge in [-0.1, -0.05) is 6.07 Å². The second kappa shape index (κ2) is 5.53. The number of hydrogen-bond acceptors (Lipinski definition) is 5. The highest BCUT2D eigenvalue weighted by Crippen LogP contribution is 2.26. The first-order chi connectivity index (χ1) is 7.95. The molecule has 7 heteroatoms. The van der Waals surface area contributed by atoms with E-state index in [0.717, 1.165) is 5.56 Å². The van der Waals surface area contributed by atoms with Crippen LogP contribution in [0.3, 0.4) is 0 Å². The van der Waals surface area contributed by atoms with Crippen LogP contribution in [-0.2, 0) is 4.79 Å². The number of nitro benzene ring substituents is 1. The number of carboxylic acid groups (broad SMARTS) is 1. The first kappa shape index (κ1) is 13.3. The predicted molar refractivity (Wildman–Crippen MR) is 66.7 cm³/mol. The predicted octanol–water partition coefficient (Wildman–Crippen LogP) is 1.70. The van der Waals surface area contributed by atoms with E-state index in [9.17, 15) is 14.9 Å². The summed E-state index contributed by atoms with van der Waals surface area (Å²) in [4.78, 5) is 21.0. The van der Waals surface area contributed by atoms with E-state index in [4.69, 9.17) is 5.11 Å². The van der Waals surface area contributed by atoms with Gasteiger partial charge in [-0.2, -0.15) is 12.6 Å². The minimum absolute atomic E-state index is 0.0421. The van der Waals surface area contributed by atoms with Gasteiger partial charge in [-0.3, -0.25) is 10.1 Å². The van der Waals surface area contributed by atoms with Crippen LogP contribution in [0, 0.1) is 17.0 Å².